The van der Waals surface area contributed by atoms with Crippen molar-refractivity contribution in [1.82, 2.24) is 5.32 Å². The second kappa shape index (κ2) is 6.72. The molecule has 0 unspecified atom stereocenters. The highest BCUT2D eigenvalue weighted by Crippen LogP contribution is 2.23. The first-order chi connectivity index (χ1) is 9.60. The highest BCUT2D eigenvalue weighted by molar-refractivity contribution is 9.10. The summed E-state index contributed by atoms with van der Waals surface area (Å²) in [5, 5.41) is 12.9. The second-order valence-corrected chi connectivity index (χ2v) is 5.19. The Kier molecular flexibility index (Phi) is 4.98. The van der Waals surface area contributed by atoms with Gasteiger partial charge in [0, 0.05) is 23.1 Å². The van der Waals surface area contributed by atoms with E-state index in [0.29, 0.717) is 18.8 Å². The summed E-state index contributed by atoms with van der Waals surface area (Å²) in [6, 6.07) is 9.61. The van der Waals surface area contributed by atoms with Crippen molar-refractivity contribution in [3.63, 3.8) is 0 Å². The van der Waals surface area contributed by atoms with E-state index in [1.165, 1.54) is 12.1 Å². The van der Waals surface area contributed by atoms with Crippen LogP contribution in [0.5, 0.6) is 11.5 Å². The summed E-state index contributed by atoms with van der Waals surface area (Å²) in [5.41, 5.74) is 1.56. The third-order valence-corrected chi connectivity index (χ3v) is 3.70. The maximum Gasteiger partial charge on any atom is 0.123 e. The number of aromatic hydroxyl groups is 1. The minimum Gasteiger partial charge on any atom is -0.508 e. The van der Waals surface area contributed by atoms with Crippen molar-refractivity contribution < 1.29 is 14.2 Å². The molecule has 0 heterocycles. The second-order valence-electron chi connectivity index (χ2n) is 4.33. The van der Waals surface area contributed by atoms with Crippen molar-refractivity contribution in [2.75, 3.05) is 7.11 Å². The molecule has 0 aliphatic heterocycles. The van der Waals surface area contributed by atoms with E-state index in [-0.39, 0.29) is 11.6 Å². The van der Waals surface area contributed by atoms with E-state index < -0.39 is 0 Å². The van der Waals surface area contributed by atoms with Crippen LogP contribution < -0.4 is 10.1 Å². The predicted octanol–water partition coefficient (Wildman–Crippen LogP) is 3.59. The summed E-state index contributed by atoms with van der Waals surface area (Å²) in [6.45, 7) is 0.959. The van der Waals surface area contributed by atoms with E-state index in [2.05, 4.69) is 21.2 Å². The molecule has 2 aromatic rings. The van der Waals surface area contributed by atoms with Gasteiger partial charge in [0.1, 0.15) is 17.3 Å². The van der Waals surface area contributed by atoms with Gasteiger partial charge in [-0.3, -0.25) is 0 Å². The third-order valence-electron chi connectivity index (χ3n) is 2.93. The molecule has 20 heavy (non-hydrogen) atoms. The van der Waals surface area contributed by atoms with Gasteiger partial charge in [-0.15, -0.1) is 0 Å². The van der Waals surface area contributed by atoms with Crippen LogP contribution in [-0.4, -0.2) is 12.2 Å². The normalized spacial score (nSPS) is 10.6. The molecule has 0 aliphatic carbocycles. The topological polar surface area (TPSA) is 41.5 Å². The van der Waals surface area contributed by atoms with Crippen molar-refractivity contribution in [3.8, 4) is 11.5 Å². The number of rotatable bonds is 5. The van der Waals surface area contributed by atoms with Crippen LogP contribution in [0, 0.1) is 5.82 Å². The molecule has 2 aromatic carbocycles. The number of hydrogen-bond acceptors (Lipinski definition) is 3. The average molecular weight is 340 g/mol. The molecule has 0 radical (unpaired) electrons. The Balaban J connectivity index is 2.01. The Morgan fingerprint density at radius 1 is 1.15 bits per heavy atom. The van der Waals surface area contributed by atoms with Crippen LogP contribution in [0.2, 0.25) is 0 Å². The van der Waals surface area contributed by atoms with Gasteiger partial charge in [-0.2, -0.15) is 0 Å². The molecule has 0 fully saturated rings. The summed E-state index contributed by atoms with van der Waals surface area (Å²) < 4.78 is 19.1. The van der Waals surface area contributed by atoms with Crippen molar-refractivity contribution in [1.29, 1.82) is 0 Å². The molecule has 0 amide bonds. The smallest absolute Gasteiger partial charge is 0.123 e. The number of benzene rings is 2. The minimum atomic E-state index is -0.269. The van der Waals surface area contributed by atoms with Crippen molar-refractivity contribution in [3.05, 3.63) is 57.8 Å². The summed E-state index contributed by atoms with van der Waals surface area (Å²) >= 11 is 3.38. The summed E-state index contributed by atoms with van der Waals surface area (Å²) in [7, 11) is 1.58. The van der Waals surface area contributed by atoms with E-state index >= 15 is 0 Å². The van der Waals surface area contributed by atoms with Crippen LogP contribution in [0.1, 0.15) is 11.1 Å². The van der Waals surface area contributed by atoms with Crippen LogP contribution in [0.4, 0.5) is 4.39 Å². The number of ether oxygens (including phenoxy) is 1. The van der Waals surface area contributed by atoms with E-state index in [1.807, 2.05) is 0 Å². The zero-order valence-electron chi connectivity index (χ0n) is 11.0. The van der Waals surface area contributed by atoms with Crippen molar-refractivity contribution >= 4 is 15.9 Å². The highest BCUT2D eigenvalue weighted by atomic mass is 79.9. The molecular weight excluding hydrogens is 325 g/mol. The summed E-state index contributed by atoms with van der Waals surface area (Å²) in [6.07, 6.45) is 0. The summed E-state index contributed by atoms with van der Waals surface area (Å²) in [4.78, 5) is 0. The van der Waals surface area contributed by atoms with Crippen LogP contribution in [0.25, 0.3) is 0 Å². The number of methoxy groups -OCH3 is 1. The molecule has 2 N–H and O–H groups in total. The Morgan fingerprint density at radius 2 is 1.90 bits per heavy atom. The number of phenolic OH excluding ortho intramolecular Hbond substituents is 1. The van der Waals surface area contributed by atoms with Crippen LogP contribution in [-0.2, 0) is 13.1 Å². The maximum absolute atomic E-state index is 13.2. The van der Waals surface area contributed by atoms with Gasteiger partial charge in [-0.25, -0.2) is 4.39 Å². The molecule has 0 saturated heterocycles. The van der Waals surface area contributed by atoms with Gasteiger partial charge in [-0.05, 0) is 42.0 Å². The SMILES string of the molecule is COc1ccc(O)c(CNCc2cc(F)ccc2Br)c1. The fourth-order valence-electron chi connectivity index (χ4n) is 1.84. The summed E-state index contributed by atoms with van der Waals surface area (Å²) in [5.74, 6) is 0.623. The third kappa shape index (κ3) is 3.71. The Bertz CT molecular complexity index is 604. The number of nitrogens with one attached hydrogen (secondary N) is 1. The minimum absolute atomic E-state index is 0.205. The molecule has 106 valence electrons. The van der Waals surface area contributed by atoms with Crippen molar-refractivity contribution in [2.24, 2.45) is 0 Å². The number of phenols is 1. The van der Waals surface area contributed by atoms with Gasteiger partial charge in [-0.1, -0.05) is 15.9 Å². The molecule has 3 nitrogen and oxygen atoms in total. The fraction of sp³-hybridized carbons (Fsp3) is 0.200. The average Bonchev–Trinajstić information content (AvgIpc) is 2.44. The van der Waals surface area contributed by atoms with Gasteiger partial charge < -0.3 is 15.2 Å². The number of halogens is 2. The molecule has 0 aliphatic rings. The highest BCUT2D eigenvalue weighted by Gasteiger charge is 2.05. The lowest BCUT2D eigenvalue weighted by Crippen LogP contribution is -2.13. The molecule has 5 heteroatoms. The van der Waals surface area contributed by atoms with E-state index in [9.17, 15) is 9.50 Å². The quantitative estimate of drug-likeness (QED) is 0.874. The standard InChI is InChI=1S/C15H15BrFNO2/c1-20-13-3-5-15(19)11(7-13)9-18-8-10-6-12(17)2-4-14(10)16/h2-7,18-19H,8-9H2,1H3. The molecule has 0 aromatic heterocycles. The van der Waals surface area contributed by atoms with E-state index in [1.54, 1.807) is 31.4 Å². The van der Waals surface area contributed by atoms with Gasteiger partial charge >= 0.3 is 0 Å². The number of hydrogen-bond donors (Lipinski definition) is 2. The largest absolute Gasteiger partial charge is 0.508 e. The Hall–Kier alpha value is -1.59. The lowest BCUT2D eigenvalue weighted by atomic mass is 10.1. The maximum atomic E-state index is 13.2. The van der Waals surface area contributed by atoms with E-state index in [0.717, 1.165) is 15.6 Å². The predicted molar refractivity (Wildman–Crippen MR) is 79.3 cm³/mol. The van der Waals surface area contributed by atoms with Gasteiger partial charge in [0.2, 0.25) is 0 Å². The fourth-order valence-corrected chi connectivity index (χ4v) is 2.23. The molecule has 0 spiro atoms. The first-order valence-corrected chi connectivity index (χ1v) is 6.90. The Morgan fingerprint density at radius 3 is 2.65 bits per heavy atom. The lowest BCUT2D eigenvalue weighted by molar-refractivity contribution is 0.410. The van der Waals surface area contributed by atoms with Gasteiger partial charge in [0.15, 0.2) is 0 Å². The van der Waals surface area contributed by atoms with Crippen molar-refractivity contribution in [2.45, 2.75) is 13.1 Å². The first kappa shape index (κ1) is 14.8. The van der Waals surface area contributed by atoms with E-state index in [4.69, 9.17) is 4.74 Å². The zero-order valence-corrected chi connectivity index (χ0v) is 12.6. The van der Waals surface area contributed by atoms with Crippen LogP contribution >= 0.6 is 15.9 Å². The Labute approximate surface area is 125 Å². The molecule has 0 bridgehead atoms. The van der Waals surface area contributed by atoms with Crippen LogP contribution in [0.15, 0.2) is 40.9 Å². The lowest BCUT2D eigenvalue weighted by Gasteiger charge is -2.10. The van der Waals surface area contributed by atoms with Gasteiger partial charge in [0.25, 0.3) is 0 Å². The monoisotopic (exact) mass is 339 g/mol. The van der Waals surface area contributed by atoms with Crippen LogP contribution in [0.3, 0.4) is 0 Å². The zero-order chi connectivity index (χ0) is 14.5. The molecule has 2 rings (SSSR count). The first-order valence-electron chi connectivity index (χ1n) is 6.10. The van der Waals surface area contributed by atoms with Gasteiger partial charge in [0.05, 0.1) is 7.11 Å². The molecule has 0 saturated carbocycles. The molecular formula is C15H15BrFNO2. The molecule has 0 atom stereocenters.